The van der Waals surface area contributed by atoms with Crippen molar-refractivity contribution in [2.75, 3.05) is 27.9 Å². The molecule has 126 valence electrons. The van der Waals surface area contributed by atoms with Gasteiger partial charge in [0.25, 0.3) is 0 Å². The molecular formula is C16H22N2O5. The average molecular weight is 322 g/mol. The monoisotopic (exact) mass is 322 g/mol. The average Bonchev–Trinajstić information content (AvgIpc) is 3.29. The summed E-state index contributed by atoms with van der Waals surface area (Å²) in [4.78, 5) is 24.0. The molecule has 7 heteroatoms. The Morgan fingerprint density at radius 1 is 1.26 bits per heavy atom. The fraction of sp³-hybridized carbons (Fsp3) is 0.500. The number of hydrogen-bond acceptors (Lipinski definition) is 5. The second kappa shape index (κ2) is 6.76. The van der Waals surface area contributed by atoms with Crippen LogP contribution in [0, 0.1) is 0 Å². The first-order valence-electron chi connectivity index (χ1n) is 7.41. The van der Waals surface area contributed by atoms with Crippen molar-refractivity contribution in [1.82, 2.24) is 10.6 Å². The standard InChI is InChI=1S/C16H22N2O5/c1-5-23-14(19)16(18-15(20)17-2)9-11(16)10-6-7-12(21-3)13(8-10)22-4/h6-8,11H,5,9H2,1-4H3,(H2,17,18,20). The minimum atomic E-state index is -1.03. The molecule has 0 aliphatic heterocycles. The molecule has 1 aromatic rings. The quantitative estimate of drug-likeness (QED) is 0.774. The van der Waals surface area contributed by atoms with Crippen molar-refractivity contribution in [3.8, 4) is 11.5 Å². The third-order valence-corrected chi connectivity index (χ3v) is 3.97. The van der Waals surface area contributed by atoms with Gasteiger partial charge in [0, 0.05) is 13.0 Å². The zero-order valence-corrected chi connectivity index (χ0v) is 13.8. The minimum Gasteiger partial charge on any atom is -0.493 e. The molecule has 0 saturated heterocycles. The maximum Gasteiger partial charge on any atom is 0.332 e. The Morgan fingerprint density at radius 3 is 2.52 bits per heavy atom. The van der Waals surface area contributed by atoms with Crippen molar-refractivity contribution >= 4 is 12.0 Å². The van der Waals surface area contributed by atoms with Crippen LogP contribution in [-0.2, 0) is 9.53 Å². The Morgan fingerprint density at radius 2 is 1.96 bits per heavy atom. The number of benzene rings is 1. The molecule has 1 saturated carbocycles. The van der Waals surface area contributed by atoms with Crippen LogP contribution in [0.1, 0.15) is 24.8 Å². The lowest BCUT2D eigenvalue weighted by Gasteiger charge is -2.18. The lowest BCUT2D eigenvalue weighted by molar-refractivity contribution is -0.146. The summed E-state index contributed by atoms with van der Waals surface area (Å²) < 4.78 is 15.6. The fourth-order valence-electron chi connectivity index (χ4n) is 2.67. The van der Waals surface area contributed by atoms with Gasteiger partial charge in [0.1, 0.15) is 5.54 Å². The first kappa shape index (κ1) is 16.9. The summed E-state index contributed by atoms with van der Waals surface area (Å²) in [5.74, 6) is 0.592. The normalized spacial score (nSPS) is 22.0. The summed E-state index contributed by atoms with van der Waals surface area (Å²) in [6, 6.07) is 5.04. The smallest absolute Gasteiger partial charge is 0.332 e. The predicted molar refractivity (Wildman–Crippen MR) is 83.9 cm³/mol. The SMILES string of the molecule is CCOC(=O)C1(NC(=O)NC)CC1c1ccc(OC)c(OC)c1. The molecule has 0 spiro atoms. The van der Waals surface area contributed by atoms with Crippen LogP contribution in [0.2, 0.25) is 0 Å². The number of amides is 2. The second-order valence-electron chi connectivity index (χ2n) is 5.27. The Kier molecular flexibility index (Phi) is 4.98. The lowest BCUT2D eigenvalue weighted by Crippen LogP contribution is -2.48. The second-order valence-corrected chi connectivity index (χ2v) is 5.27. The molecule has 2 N–H and O–H groups in total. The molecule has 23 heavy (non-hydrogen) atoms. The van der Waals surface area contributed by atoms with E-state index in [0.29, 0.717) is 17.9 Å². The van der Waals surface area contributed by atoms with Crippen LogP contribution < -0.4 is 20.1 Å². The van der Waals surface area contributed by atoms with Crippen molar-refractivity contribution in [3.63, 3.8) is 0 Å². The third kappa shape index (κ3) is 3.18. The molecule has 1 fully saturated rings. The third-order valence-electron chi connectivity index (χ3n) is 3.97. The van der Waals surface area contributed by atoms with Crippen LogP contribution in [0.3, 0.4) is 0 Å². The van der Waals surface area contributed by atoms with Gasteiger partial charge >= 0.3 is 12.0 Å². The van der Waals surface area contributed by atoms with E-state index in [1.807, 2.05) is 12.1 Å². The summed E-state index contributed by atoms with van der Waals surface area (Å²) in [6.07, 6.45) is 0.481. The van der Waals surface area contributed by atoms with E-state index in [1.54, 1.807) is 27.2 Å². The van der Waals surface area contributed by atoms with Gasteiger partial charge in [0.15, 0.2) is 11.5 Å². The molecule has 0 heterocycles. The number of methoxy groups -OCH3 is 2. The molecule has 0 aromatic heterocycles. The van der Waals surface area contributed by atoms with Crippen molar-refractivity contribution in [2.45, 2.75) is 24.8 Å². The molecule has 2 rings (SSSR count). The number of rotatable bonds is 6. The van der Waals surface area contributed by atoms with E-state index >= 15 is 0 Å². The molecule has 1 aliphatic rings. The van der Waals surface area contributed by atoms with Crippen molar-refractivity contribution in [1.29, 1.82) is 0 Å². The van der Waals surface area contributed by atoms with E-state index in [1.165, 1.54) is 7.05 Å². The van der Waals surface area contributed by atoms with Crippen LogP contribution in [0.25, 0.3) is 0 Å². The molecule has 0 radical (unpaired) electrons. The van der Waals surface area contributed by atoms with E-state index in [0.717, 1.165) is 5.56 Å². The first-order valence-corrected chi connectivity index (χ1v) is 7.41. The number of esters is 1. The topological polar surface area (TPSA) is 85.9 Å². The molecule has 2 atom stereocenters. The van der Waals surface area contributed by atoms with Crippen LogP contribution in [0.15, 0.2) is 18.2 Å². The van der Waals surface area contributed by atoms with Gasteiger partial charge in [0.2, 0.25) is 0 Å². The van der Waals surface area contributed by atoms with E-state index in [2.05, 4.69) is 10.6 Å². The predicted octanol–water partition coefficient (Wildman–Crippen LogP) is 1.42. The van der Waals surface area contributed by atoms with Gasteiger partial charge in [0.05, 0.1) is 20.8 Å². The highest BCUT2D eigenvalue weighted by Gasteiger charge is 2.63. The van der Waals surface area contributed by atoms with E-state index in [9.17, 15) is 9.59 Å². The van der Waals surface area contributed by atoms with Crippen LogP contribution in [0.4, 0.5) is 4.79 Å². The molecule has 2 amide bonds. The van der Waals surface area contributed by atoms with Gasteiger partial charge in [-0.2, -0.15) is 0 Å². The van der Waals surface area contributed by atoms with Gasteiger partial charge < -0.3 is 24.8 Å². The van der Waals surface area contributed by atoms with Gasteiger partial charge in [-0.3, -0.25) is 0 Å². The van der Waals surface area contributed by atoms with Gasteiger partial charge in [-0.05, 0) is 31.0 Å². The highest BCUT2D eigenvalue weighted by atomic mass is 16.5. The van der Waals surface area contributed by atoms with Crippen LogP contribution in [0.5, 0.6) is 11.5 Å². The summed E-state index contributed by atoms with van der Waals surface area (Å²) in [6.45, 7) is 1.99. The number of hydrogen-bond donors (Lipinski definition) is 2. The first-order chi connectivity index (χ1) is 11.0. The number of nitrogens with one attached hydrogen (secondary N) is 2. The lowest BCUT2D eigenvalue weighted by atomic mass is 10.1. The Balaban J connectivity index is 2.29. The van der Waals surface area contributed by atoms with E-state index < -0.39 is 17.5 Å². The minimum absolute atomic E-state index is 0.168. The van der Waals surface area contributed by atoms with Gasteiger partial charge in [-0.25, -0.2) is 9.59 Å². The Labute approximate surface area is 135 Å². The Bertz CT molecular complexity index is 604. The van der Waals surface area contributed by atoms with Crippen molar-refractivity contribution in [3.05, 3.63) is 23.8 Å². The highest BCUT2D eigenvalue weighted by molar-refractivity contribution is 5.92. The number of urea groups is 1. The summed E-state index contributed by atoms with van der Waals surface area (Å²) in [7, 11) is 4.61. The number of carbonyl (C=O) groups excluding carboxylic acids is 2. The molecule has 1 aromatic carbocycles. The largest absolute Gasteiger partial charge is 0.493 e. The molecule has 0 bridgehead atoms. The summed E-state index contributed by atoms with van der Waals surface area (Å²) >= 11 is 0. The maximum atomic E-state index is 12.3. The zero-order valence-electron chi connectivity index (χ0n) is 13.8. The van der Waals surface area contributed by atoms with E-state index in [-0.39, 0.29) is 12.5 Å². The molecular weight excluding hydrogens is 300 g/mol. The van der Waals surface area contributed by atoms with Crippen molar-refractivity contribution < 1.29 is 23.8 Å². The zero-order chi connectivity index (χ0) is 17.0. The van der Waals surface area contributed by atoms with Gasteiger partial charge in [-0.15, -0.1) is 0 Å². The molecule has 2 unspecified atom stereocenters. The number of ether oxygens (including phenoxy) is 3. The summed E-state index contributed by atoms with van der Waals surface area (Å²) in [5, 5.41) is 5.19. The summed E-state index contributed by atoms with van der Waals surface area (Å²) in [5.41, 5.74) is -0.150. The fourth-order valence-corrected chi connectivity index (χ4v) is 2.67. The van der Waals surface area contributed by atoms with Crippen LogP contribution in [-0.4, -0.2) is 45.4 Å². The number of carbonyl (C=O) groups is 2. The van der Waals surface area contributed by atoms with Gasteiger partial charge in [-0.1, -0.05) is 6.07 Å². The maximum absolute atomic E-state index is 12.3. The Hall–Kier alpha value is -2.44. The van der Waals surface area contributed by atoms with Crippen molar-refractivity contribution in [2.24, 2.45) is 0 Å². The molecule has 1 aliphatic carbocycles. The molecule has 7 nitrogen and oxygen atoms in total. The van der Waals surface area contributed by atoms with E-state index in [4.69, 9.17) is 14.2 Å². The highest BCUT2D eigenvalue weighted by Crippen LogP contribution is 2.53. The van der Waals surface area contributed by atoms with Crippen LogP contribution >= 0.6 is 0 Å².